The second-order valence-corrected chi connectivity index (χ2v) is 26.7. The topological polar surface area (TPSA) is 3.24 Å². The van der Waals surface area contributed by atoms with Crippen LogP contribution in [-0.2, 0) is 27.1 Å². The molecule has 1 saturated carbocycles. The summed E-state index contributed by atoms with van der Waals surface area (Å²) < 4.78 is 0. The smallest absolute Gasteiger partial charge is 0.0540 e. The Kier molecular flexibility index (Phi) is 13.1. The van der Waals surface area contributed by atoms with Crippen molar-refractivity contribution in [1.29, 1.82) is 0 Å². The number of nitrogens with zero attached hydrogens (tertiary/aromatic N) is 1. The van der Waals surface area contributed by atoms with Crippen LogP contribution in [0.4, 0.5) is 17.1 Å². The summed E-state index contributed by atoms with van der Waals surface area (Å²) in [5, 5.41) is 0. The van der Waals surface area contributed by atoms with Gasteiger partial charge in [-0.3, -0.25) is 0 Å². The maximum Gasteiger partial charge on any atom is 0.0540 e. The molecule has 10 rings (SSSR count). The molecule has 0 heterocycles. The third kappa shape index (κ3) is 10.1. The largest absolute Gasteiger partial charge is 0.310 e. The van der Waals surface area contributed by atoms with E-state index >= 15 is 0 Å². The van der Waals surface area contributed by atoms with E-state index in [2.05, 4.69) is 272 Å². The van der Waals surface area contributed by atoms with Crippen molar-refractivity contribution in [3.63, 3.8) is 0 Å². The average molecular weight is 972 g/mol. The van der Waals surface area contributed by atoms with Crippen LogP contribution >= 0.6 is 0 Å². The molecule has 74 heavy (non-hydrogen) atoms. The van der Waals surface area contributed by atoms with Gasteiger partial charge in [-0.15, -0.1) is 0 Å². The van der Waals surface area contributed by atoms with Crippen LogP contribution < -0.4 is 4.90 Å². The first-order chi connectivity index (χ1) is 34.9. The molecule has 378 valence electrons. The molecule has 0 N–H and O–H groups in total. The molecule has 0 aromatic heterocycles. The van der Waals surface area contributed by atoms with E-state index in [0.29, 0.717) is 5.92 Å². The third-order valence-electron chi connectivity index (χ3n) is 16.7. The van der Waals surface area contributed by atoms with Crippen molar-refractivity contribution in [3.05, 3.63) is 209 Å². The van der Waals surface area contributed by atoms with Gasteiger partial charge in [0.1, 0.15) is 0 Å². The molecule has 0 unspecified atom stereocenters. The molecular formula is C73H81N. The van der Waals surface area contributed by atoms with Crippen molar-refractivity contribution < 1.29 is 0 Å². The number of rotatable bonds is 8. The van der Waals surface area contributed by atoms with Crippen molar-refractivity contribution in [3.8, 4) is 55.6 Å². The van der Waals surface area contributed by atoms with Gasteiger partial charge in [0, 0.05) is 22.4 Å². The second-order valence-electron chi connectivity index (χ2n) is 26.7. The molecule has 0 saturated heterocycles. The maximum absolute atomic E-state index is 2.55. The Labute approximate surface area is 446 Å². The maximum atomic E-state index is 2.55. The number of benzene rings is 8. The van der Waals surface area contributed by atoms with Gasteiger partial charge in [-0.05, 0) is 166 Å². The zero-order valence-corrected chi connectivity index (χ0v) is 47.2. The standard InChI is InChI=1S/C73H81N/c1-69(2,3)57-39-53(38-54(40-57)55-41-58(70(4,5)6)45-59(42-55)71(7,8)9)50-28-30-51(31-29-50)56-43-60(72(10,11)12)46-62(44-56)74(61-36-37-65-64-25-18-20-26-66(64)73(13,14)67(65)47-61)68-27-21-19-24-63(68)52-34-32-49(33-35-52)48-22-16-15-17-23-48/h18-21,24-48H,15-17,22-23H2,1-14H3. The zero-order chi connectivity index (χ0) is 52.5. The van der Waals surface area contributed by atoms with Gasteiger partial charge in [0.05, 0.1) is 5.69 Å². The molecule has 0 radical (unpaired) electrons. The van der Waals surface area contributed by atoms with Gasteiger partial charge in [-0.25, -0.2) is 0 Å². The number of anilines is 3. The summed E-state index contributed by atoms with van der Waals surface area (Å²) in [6.07, 6.45) is 6.64. The van der Waals surface area contributed by atoms with Crippen molar-refractivity contribution in [1.82, 2.24) is 0 Å². The minimum atomic E-state index is -0.138. The normalized spacial score (nSPS) is 14.9. The summed E-state index contributed by atoms with van der Waals surface area (Å²) in [4.78, 5) is 2.55. The van der Waals surface area contributed by atoms with Crippen LogP contribution in [0.5, 0.6) is 0 Å². The SMILES string of the molecule is CC(C)(C)c1cc(-c2ccc(-c3cc(N(c4ccc5c(c4)C(C)(C)c4ccccc4-5)c4ccccc4-c4ccc(C5CCCCC5)cc4)cc(C(C)(C)C)c3)cc2)cc(-c2cc(C(C)(C)C)cc(C(C)(C)C)c2)c1. The highest BCUT2D eigenvalue weighted by Gasteiger charge is 2.36. The van der Waals surface area contributed by atoms with Crippen molar-refractivity contribution >= 4 is 17.1 Å². The highest BCUT2D eigenvalue weighted by Crippen LogP contribution is 2.52. The number of hydrogen-bond donors (Lipinski definition) is 0. The van der Waals surface area contributed by atoms with Gasteiger partial charge in [-0.1, -0.05) is 250 Å². The quantitative estimate of drug-likeness (QED) is 0.147. The first-order valence-corrected chi connectivity index (χ1v) is 27.8. The summed E-state index contributed by atoms with van der Waals surface area (Å²) in [6.45, 7) is 32.8. The Balaban J connectivity index is 1.11. The van der Waals surface area contributed by atoms with Gasteiger partial charge in [0.2, 0.25) is 0 Å². The Morgan fingerprint density at radius 3 is 1.36 bits per heavy atom. The van der Waals surface area contributed by atoms with Crippen LogP contribution in [0, 0.1) is 0 Å². The third-order valence-corrected chi connectivity index (χ3v) is 16.7. The summed E-state index contributed by atoms with van der Waals surface area (Å²) in [7, 11) is 0. The Hall–Kier alpha value is -6.44. The molecule has 1 fully saturated rings. The lowest BCUT2D eigenvalue weighted by molar-refractivity contribution is 0.443. The average Bonchev–Trinajstić information content (AvgIpc) is 3.60. The minimum Gasteiger partial charge on any atom is -0.310 e. The molecule has 0 amide bonds. The van der Waals surface area contributed by atoms with E-state index in [4.69, 9.17) is 0 Å². The highest BCUT2D eigenvalue weighted by molar-refractivity contribution is 5.92. The van der Waals surface area contributed by atoms with E-state index in [1.165, 1.54) is 138 Å². The molecule has 1 heteroatoms. The van der Waals surface area contributed by atoms with Crippen LogP contribution in [0.3, 0.4) is 0 Å². The van der Waals surface area contributed by atoms with E-state index < -0.39 is 0 Å². The lowest BCUT2D eigenvalue weighted by Crippen LogP contribution is -2.18. The van der Waals surface area contributed by atoms with Gasteiger partial charge < -0.3 is 4.90 Å². The molecular weight excluding hydrogens is 891 g/mol. The molecule has 8 aromatic carbocycles. The fourth-order valence-corrected chi connectivity index (χ4v) is 11.8. The number of para-hydroxylation sites is 1. The van der Waals surface area contributed by atoms with Crippen LogP contribution in [0.1, 0.15) is 174 Å². The lowest BCUT2D eigenvalue weighted by Gasteiger charge is -2.32. The Morgan fingerprint density at radius 2 is 0.797 bits per heavy atom. The first kappa shape index (κ1) is 51.1. The predicted octanol–water partition coefficient (Wildman–Crippen LogP) is 21.4. The van der Waals surface area contributed by atoms with Gasteiger partial charge >= 0.3 is 0 Å². The fraction of sp³-hybridized carbons (Fsp3) is 0.342. The molecule has 8 aromatic rings. The monoisotopic (exact) mass is 972 g/mol. The fourth-order valence-electron chi connectivity index (χ4n) is 11.8. The van der Waals surface area contributed by atoms with E-state index in [1.54, 1.807) is 0 Å². The molecule has 2 aliphatic rings. The lowest BCUT2D eigenvalue weighted by atomic mass is 9.78. The van der Waals surface area contributed by atoms with E-state index in [0.717, 1.165) is 5.69 Å². The van der Waals surface area contributed by atoms with Crippen molar-refractivity contribution in [2.45, 2.75) is 162 Å². The Morgan fingerprint density at radius 1 is 0.351 bits per heavy atom. The van der Waals surface area contributed by atoms with Gasteiger partial charge in [0.15, 0.2) is 0 Å². The summed E-state index contributed by atoms with van der Waals surface area (Å²) in [6, 6.07) is 66.2. The molecule has 1 nitrogen and oxygen atoms in total. The number of hydrogen-bond acceptors (Lipinski definition) is 1. The van der Waals surface area contributed by atoms with Gasteiger partial charge in [0.25, 0.3) is 0 Å². The second kappa shape index (κ2) is 19.0. The summed E-state index contributed by atoms with van der Waals surface area (Å²) in [5.41, 5.74) is 25.6. The van der Waals surface area contributed by atoms with Gasteiger partial charge in [-0.2, -0.15) is 0 Å². The minimum absolute atomic E-state index is 0.0234. The van der Waals surface area contributed by atoms with Crippen molar-refractivity contribution in [2.75, 3.05) is 4.90 Å². The summed E-state index contributed by atoms with van der Waals surface area (Å²) in [5.74, 6) is 0.667. The molecule has 0 atom stereocenters. The Bertz CT molecular complexity index is 3310. The van der Waals surface area contributed by atoms with Crippen molar-refractivity contribution in [2.24, 2.45) is 0 Å². The van der Waals surface area contributed by atoms with E-state index in [-0.39, 0.29) is 27.1 Å². The first-order valence-electron chi connectivity index (χ1n) is 27.8. The van der Waals surface area contributed by atoms with Crippen LogP contribution in [0.25, 0.3) is 55.6 Å². The summed E-state index contributed by atoms with van der Waals surface area (Å²) >= 11 is 0. The number of fused-ring (bicyclic) bond motifs is 3. The molecule has 0 aliphatic heterocycles. The van der Waals surface area contributed by atoms with E-state index in [9.17, 15) is 0 Å². The van der Waals surface area contributed by atoms with E-state index in [1.807, 2.05) is 0 Å². The van der Waals surface area contributed by atoms with Crippen LogP contribution in [-0.4, -0.2) is 0 Å². The zero-order valence-electron chi connectivity index (χ0n) is 47.2. The van der Waals surface area contributed by atoms with Crippen LogP contribution in [0.2, 0.25) is 0 Å². The predicted molar refractivity (Wildman–Crippen MR) is 321 cm³/mol. The highest BCUT2D eigenvalue weighted by atomic mass is 15.1. The molecule has 0 bridgehead atoms. The van der Waals surface area contributed by atoms with Crippen LogP contribution in [0.15, 0.2) is 170 Å². The molecule has 2 aliphatic carbocycles. The molecule has 0 spiro atoms.